The van der Waals surface area contributed by atoms with Crippen LogP contribution in [0, 0.1) is 5.92 Å². The Hall–Kier alpha value is -0.930. The maximum atomic E-state index is 6.60. The van der Waals surface area contributed by atoms with Gasteiger partial charge < -0.3 is 5.73 Å². The molecule has 2 N–H and O–H groups in total. The number of benzene rings is 1. The predicted molar refractivity (Wildman–Crippen MR) is 82.5 cm³/mol. The molecular formula is C16H22N2S. The summed E-state index contributed by atoms with van der Waals surface area (Å²) in [4.78, 5) is 4.73. The van der Waals surface area contributed by atoms with E-state index in [4.69, 9.17) is 10.7 Å². The summed E-state index contributed by atoms with van der Waals surface area (Å²) < 4.78 is 1.28. The highest BCUT2D eigenvalue weighted by atomic mass is 32.1. The van der Waals surface area contributed by atoms with Gasteiger partial charge in [0.2, 0.25) is 0 Å². The number of nitrogens with two attached hydrogens (primary N) is 1. The SMILES string of the molecule is CCC1CCC(N)(Cc2nc3ccccc3s2)CC1. The molecule has 1 aliphatic rings. The summed E-state index contributed by atoms with van der Waals surface area (Å²) in [6.07, 6.45) is 7.14. The molecule has 0 amide bonds. The summed E-state index contributed by atoms with van der Waals surface area (Å²) in [7, 11) is 0. The molecule has 1 saturated carbocycles. The Morgan fingerprint density at radius 3 is 2.74 bits per heavy atom. The first kappa shape index (κ1) is 13.1. The summed E-state index contributed by atoms with van der Waals surface area (Å²) in [5.74, 6) is 0.895. The van der Waals surface area contributed by atoms with E-state index < -0.39 is 0 Å². The van der Waals surface area contributed by atoms with Crippen LogP contribution in [0.2, 0.25) is 0 Å². The Morgan fingerprint density at radius 1 is 1.32 bits per heavy atom. The molecule has 2 aromatic rings. The van der Waals surface area contributed by atoms with Crippen molar-refractivity contribution in [3.05, 3.63) is 29.3 Å². The van der Waals surface area contributed by atoms with Crippen molar-refractivity contribution in [1.29, 1.82) is 0 Å². The fourth-order valence-corrected chi connectivity index (χ4v) is 4.26. The highest BCUT2D eigenvalue weighted by Crippen LogP contribution is 2.35. The van der Waals surface area contributed by atoms with Gasteiger partial charge >= 0.3 is 0 Å². The molecule has 0 unspecified atom stereocenters. The topological polar surface area (TPSA) is 38.9 Å². The lowest BCUT2D eigenvalue weighted by molar-refractivity contribution is 0.228. The largest absolute Gasteiger partial charge is 0.325 e. The maximum Gasteiger partial charge on any atom is 0.0956 e. The van der Waals surface area contributed by atoms with Gasteiger partial charge in [0.1, 0.15) is 0 Å². The Morgan fingerprint density at radius 2 is 2.05 bits per heavy atom. The molecule has 1 fully saturated rings. The minimum absolute atomic E-state index is 0.0143. The Kier molecular flexibility index (Phi) is 3.59. The van der Waals surface area contributed by atoms with Gasteiger partial charge in [-0.3, -0.25) is 0 Å². The average molecular weight is 274 g/mol. The smallest absolute Gasteiger partial charge is 0.0956 e. The molecule has 0 saturated heterocycles. The molecule has 0 radical (unpaired) electrons. The fraction of sp³-hybridized carbons (Fsp3) is 0.562. The number of hydrogen-bond donors (Lipinski definition) is 1. The third kappa shape index (κ3) is 2.82. The molecule has 1 aromatic heterocycles. The van der Waals surface area contributed by atoms with E-state index in [0.29, 0.717) is 0 Å². The van der Waals surface area contributed by atoms with Crippen LogP contribution in [0.25, 0.3) is 10.2 Å². The second-order valence-electron chi connectivity index (χ2n) is 5.97. The Balaban J connectivity index is 1.73. The molecule has 1 heterocycles. The van der Waals surface area contributed by atoms with Gasteiger partial charge in [0.15, 0.2) is 0 Å². The van der Waals surface area contributed by atoms with Crippen molar-refractivity contribution in [1.82, 2.24) is 4.98 Å². The molecule has 1 aliphatic carbocycles. The van der Waals surface area contributed by atoms with Gasteiger partial charge in [-0.15, -0.1) is 11.3 Å². The van der Waals surface area contributed by atoms with Gasteiger partial charge in [0.25, 0.3) is 0 Å². The lowest BCUT2D eigenvalue weighted by atomic mass is 9.75. The fourth-order valence-electron chi connectivity index (χ4n) is 3.13. The molecule has 0 spiro atoms. The van der Waals surface area contributed by atoms with Crippen molar-refractivity contribution in [3.63, 3.8) is 0 Å². The van der Waals surface area contributed by atoms with E-state index in [2.05, 4.69) is 31.2 Å². The standard InChI is InChI=1S/C16H22N2S/c1-2-12-7-9-16(17,10-8-12)11-15-18-13-5-3-4-6-14(13)19-15/h3-6,12H,2,7-11,17H2,1H3. The lowest BCUT2D eigenvalue weighted by Crippen LogP contribution is -2.45. The van der Waals surface area contributed by atoms with Crippen LogP contribution in [0.15, 0.2) is 24.3 Å². The van der Waals surface area contributed by atoms with E-state index in [-0.39, 0.29) is 5.54 Å². The molecule has 0 aliphatic heterocycles. The summed E-state index contributed by atoms with van der Waals surface area (Å²) in [6, 6.07) is 8.37. The predicted octanol–water partition coefficient (Wildman–Crippen LogP) is 4.14. The number of rotatable bonds is 3. The van der Waals surface area contributed by atoms with Crippen molar-refractivity contribution in [2.24, 2.45) is 11.7 Å². The highest BCUT2D eigenvalue weighted by Gasteiger charge is 2.32. The zero-order valence-electron chi connectivity index (χ0n) is 11.6. The van der Waals surface area contributed by atoms with Crippen LogP contribution in [0.4, 0.5) is 0 Å². The second-order valence-corrected chi connectivity index (χ2v) is 7.08. The minimum Gasteiger partial charge on any atom is -0.325 e. The number of nitrogens with zero attached hydrogens (tertiary/aromatic N) is 1. The molecule has 1 aromatic carbocycles. The highest BCUT2D eigenvalue weighted by molar-refractivity contribution is 7.18. The molecule has 3 rings (SSSR count). The number of fused-ring (bicyclic) bond motifs is 1. The summed E-state index contributed by atoms with van der Waals surface area (Å²) in [5, 5.41) is 1.21. The van der Waals surface area contributed by atoms with Gasteiger partial charge in [0, 0.05) is 12.0 Å². The van der Waals surface area contributed by atoms with E-state index in [1.165, 1.54) is 29.0 Å². The van der Waals surface area contributed by atoms with Crippen LogP contribution in [0.3, 0.4) is 0 Å². The van der Waals surface area contributed by atoms with E-state index in [0.717, 1.165) is 30.7 Å². The Labute approximate surface area is 119 Å². The maximum absolute atomic E-state index is 6.60. The van der Waals surface area contributed by atoms with Crippen LogP contribution >= 0.6 is 11.3 Å². The van der Waals surface area contributed by atoms with Crippen LogP contribution < -0.4 is 5.73 Å². The van der Waals surface area contributed by atoms with Crippen LogP contribution in [0.1, 0.15) is 44.0 Å². The Bertz CT molecular complexity index is 520. The van der Waals surface area contributed by atoms with Gasteiger partial charge in [-0.2, -0.15) is 0 Å². The molecule has 0 atom stereocenters. The van der Waals surface area contributed by atoms with Gasteiger partial charge in [-0.25, -0.2) is 4.98 Å². The number of thiazole rings is 1. The van der Waals surface area contributed by atoms with Crippen molar-refractivity contribution < 1.29 is 0 Å². The average Bonchev–Trinajstić information content (AvgIpc) is 2.81. The van der Waals surface area contributed by atoms with Gasteiger partial charge in [0.05, 0.1) is 15.2 Å². The van der Waals surface area contributed by atoms with Crippen molar-refractivity contribution in [2.45, 2.75) is 51.0 Å². The van der Waals surface area contributed by atoms with Crippen molar-refractivity contribution >= 4 is 21.6 Å². The van der Waals surface area contributed by atoms with Gasteiger partial charge in [-0.1, -0.05) is 25.5 Å². The van der Waals surface area contributed by atoms with E-state index >= 15 is 0 Å². The lowest BCUT2D eigenvalue weighted by Gasteiger charge is -2.36. The van der Waals surface area contributed by atoms with Crippen LogP contribution in [-0.2, 0) is 6.42 Å². The summed E-state index contributed by atoms with van der Waals surface area (Å²) in [5.41, 5.74) is 7.70. The number of aromatic nitrogens is 1. The first-order valence-electron chi connectivity index (χ1n) is 7.32. The zero-order valence-corrected chi connectivity index (χ0v) is 12.4. The number of hydrogen-bond acceptors (Lipinski definition) is 3. The van der Waals surface area contributed by atoms with E-state index in [9.17, 15) is 0 Å². The van der Waals surface area contributed by atoms with E-state index in [1.807, 2.05) is 0 Å². The first-order valence-corrected chi connectivity index (χ1v) is 8.13. The third-order valence-electron chi connectivity index (χ3n) is 4.52. The van der Waals surface area contributed by atoms with Crippen molar-refractivity contribution in [3.8, 4) is 0 Å². The van der Waals surface area contributed by atoms with Crippen LogP contribution in [-0.4, -0.2) is 10.5 Å². The molecule has 19 heavy (non-hydrogen) atoms. The zero-order chi connectivity index (χ0) is 13.3. The minimum atomic E-state index is -0.0143. The molecule has 3 heteroatoms. The monoisotopic (exact) mass is 274 g/mol. The molecule has 102 valence electrons. The van der Waals surface area contributed by atoms with Crippen LogP contribution in [0.5, 0.6) is 0 Å². The van der Waals surface area contributed by atoms with Gasteiger partial charge in [-0.05, 0) is 43.7 Å². The van der Waals surface area contributed by atoms with Crippen molar-refractivity contribution in [2.75, 3.05) is 0 Å². The normalized spacial score (nSPS) is 27.8. The first-order chi connectivity index (χ1) is 9.18. The third-order valence-corrected chi connectivity index (χ3v) is 5.56. The molecule has 2 nitrogen and oxygen atoms in total. The number of para-hydroxylation sites is 1. The summed E-state index contributed by atoms with van der Waals surface area (Å²) in [6.45, 7) is 2.29. The quantitative estimate of drug-likeness (QED) is 0.913. The molecule has 0 bridgehead atoms. The van der Waals surface area contributed by atoms with E-state index in [1.54, 1.807) is 11.3 Å². The molecular weight excluding hydrogens is 252 g/mol. The summed E-state index contributed by atoms with van der Waals surface area (Å²) >= 11 is 1.80. The second kappa shape index (κ2) is 5.22.